The average molecular weight is 424 g/mol. The van der Waals surface area contributed by atoms with Crippen LogP contribution in [-0.2, 0) is 17.9 Å². The van der Waals surface area contributed by atoms with Crippen LogP contribution < -0.4 is 14.8 Å². The Labute approximate surface area is 180 Å². The maximum Gasteiger partial charge on any atom is 0.244 e. The third kappa shape index (κ3) is 6.70. The van der Waals surface area contributed by atoms with Crippen LogP contribution in [0, 0.1) is 6.92 Å². The second kappa shape index (κ2) is 11.1. The highest BCUT2D eigenvalue weighted by Gasteiger charge is 2.06. The van der Waals surface area contributed by atoms with Gasteiger partial charge in [-0.15, -0.1) is 11.3 Å². The smallest absolute Gasteiger partial charge is 0.244 e. The second-order valence-corrected chi connectivity index (χ2v) is 7.65. The molecule has 0 atom stereocenters. The lowest BCUT2D eigenvalue weighted by molar-refractivity contribution is -0.116. The minimum atomic E-state index is -0.190. The summed E-state index contributed by atoms with van der Waals surface area (Å²) in [6.45, 7) is 5.38. The average Bonchev–Trinajstić information content (AvgIpc) is 3.19. The van der Waals surface area contributed by atoms with E-state index in [-0.39, 0.29) is 5.91 Å². The summed E-state index contributed by atoms with van der Waals surface area (Å²) in [6.07, 6.45) is 5.84. The molecule has 3 aromatic rings. The molecular weight excluding hydrogens is 398 g/mol. The van der Waals surface area contributed by atoms with Crippen LogP contribution in [0.15, 0.2) is 54.1 Å². The molecule has 30 heavy (non-hydrogen) atoms. The Balaban J connectivity index is 1.52. The molecule has 0 aliphatic carbocycles. The first-order valence-corrected chi connectivity index (χ1v) is 10.7. The van der Waals surface area contributed by atoms with Crippen molar-refractivity contribution in [1.29, 1.82) is 0 Å². The van der Waals surface area contributed by atoms with E-state index in [4.69, 9.17) is 9.47 Å². The van der Waals surface area contributed by atoms with Crippen LogP contribution in [0.5, 0.6) is 11.6 Å². The summed E-state index contributed by atoms with van der Waals surface area (Å²) in [5.41, 5.74) is 2.64. The minimum absolute atomic E-state index is 0.190. The zero-order chi connectivity index (χ0) is 21.2. The van der Waals surface area contributed by atoms with Crippen LogP contribution in [-0.4, -0.2) is 22.5 Å². The van der Waals surface area contributed by atoms with Crippen LogP contribution in [0.3, 0.4) is 0 Å². The summed E-state index contributed by atoms with van der Waals surface area (Å²) in [5, 5.41) is 5.88. The number of aryl methyl sites for hydroxylation is 1. The molecule has 1 amide bonds. The molecule has 0 spiro atoms. The van der Waals surface area contributed by atoms with Gasteiger partial charge < -0.3 is 14.8 Å². The molecule has 0 unspecified atom stereocenters. The van der Waals surface area contributed by atoms with Crippen LogP contribution >= 0.6 is 11.3 Å². The number of carbonyl (C=O) groups excluding carboxylic acids is 1. The molecule has 2 aromatic heterocycles. The van der Waals surface area contributed by atoms with E-state index in [0.29, 0.717) is 25.6 Å². The summed E-state index contributed by atoms with van der Waals surface area (Å²) in [5.74, 6) is 1.10. The van der Waals surface area contributed by atoms with Gasteiger partial charge in [0.1, 0.15) is 12.4 Å². The summed E-state index contributed by atoms with van der Waals surface area (Å²) in [6, 6.07) is 11.3. The highest BCUT2D eigenvalue weighted by atomic mass is 32.1. The molecule has 0 bridgehead atoms. The molecule has 6 nitrogen and oxygen atoms in total. The van der Waals surface area contributed by atoms with Crippen molar-refractivity contribution in [2.45, 2.75) is 33.4 Å². The third-order valence-electron chi connectivity index (χ3n) is 4.08. The number of hydrogen-bond acceptors (Lipinski definition) is 6. The number of pyridine rings is 1. The molecule has 2 heterocycles. The molecule has 0 saturated carbocycles. The number of nitrogens with zero attached hydrogens (tertiary/aromatic N) is 2. The van der Waals surface area contributed by atoms with Crippen molar-refractivity contribution in [3.8, 4) is 11.6 Å². The van der Waals surface area contributed by atoms with Crippen LogP contribution in [0.4, 0.5) is 0 Å². The first kappa shape index (κ1) is 21.5. The monoisotopic (exact) mass is 423 g/mol. The minimum Gasteiger partial charge on any atom is -0.487 e. The van der Waals surface area contributed by atoms with Gasteiger partial charge in [-0.1, -0.05) is 25.1 Å². The van der Waals surface area contributed by atoms with Gasteiger partial charge in [0.25, 0.3) is 0 Å². The van der Waals surface area contributed by atoms with E-state index in [2.05, 4.69) is 15.3 Å². The largest absolute Gasteiger partial charge is 0.487 e. The first-order chi connectivity index (χ1) is 14.6. The Morgan fingerprint density at radius 1 is 1.23 bits per heavy atom. The Kier molecular flexibility index (Phi) is 7.97. The number of hydrogen-bond donors (Lipinski definition) is 1. The zero-order valence-corrected chi connectivity index (χ0v) is 17.9. The predicted octanol–water partition coefficient (Wildman–Crippen LogP) is 4.54. The summed E-state index contributed by atoms with van der Waals surface area (Å²) in [4.78, 5) is 20.8. The molecule has 1 N–H and O–H groups in total. The second-order valence-electron chi connectivity index (χ2n) is 6.59. The van der Waals surface area contributed by atoms with Crippen molar-refractivity contribution >= 4 is 23.3 Å². The number of rotatable bonds is 10. The van der Waals surface area contributed by atoms with Gasteiger partial charge >= 0.3 is 0 Å². The lowest BCUT2D eigenvalue weighted by Gasteiger charge is -2.09. The fourth-order valence-corrected chi connectivity index (χ4v) is 3.24. The standard InChI is InChI=1S/C23H25N3O3S/c1-3-12-28-23-19(7-5-11-24-23)14-25-22(27)10-9-18-6-4-8-21(13-18)29-15-20-16-30-17(2)26-20/h4-11,13,16H,3,12,14-15H2,1-2H3,(H,25,27)/b10-9+. The van der Waals surface area contributed by atoms with E-state index >= 15 is 0 Å². The lowest BCUT2D eigenvalue weighted by atomic mass is 10.2. The summed E-state index contributed by atoms with van der Waals surface area (Å²) >= 11 is 1.60. The van der Waals surface area contributed by atoms with E-state index in [9.17, 15) is 4.79 Å². The predicted molar refractivity (Wildman–Crippen MR) is 119 cm³/mol. The van der Waals surface area contributed by atoms with E-state index < -0.39 is 0 Å². The molecule has 1 aromatic carbocycles. The van der Waals surface area contributed by atoms with Crippen molar-refractivity contribution in [2.75, 3.05) is 6.61 Å². The van der Waals surface area contributed by atoms with Gasteiger partial charge in [-0.25, -0.2) is 9.97 Å². The maximum atomic E-state index is 12.2. The fraction of sp³-hybridized carbons (Fsp3) is 0.261. The number of benzene rings is 1. The normalized spacial score (nSPS) is 10.9. The molecule has 0 fully saturated rings. The number of thiazole rings is 1. The van der Waals surface area contributed by atoms with Gasteiger partial charge in [-0.2, -0.15) is 0 Å². The topological polar surface area (TPSA) is 73.3 Å². The Morgan fingerprint density at radius 2 is 2.13 bits per heavy atom. The number of nitrogens with one attached hydrogen (secondary N) is 1. The van der Waals surface area contributed by atoms with Gasteiger partial charge in [0.05, 0.1) is 17.3 Å². The van der Waals surface area contributed by atoms with E-state index in [1.165, 1.54) is 6.08 Å². The van der Waals surface area contributed by atoms with E-state index in [0.717, 1.165) is 34.0 Å². The quantitative estimate of drug-likeness (QED) is 0.485. The summed E-state index contributed by atoms with van der Waals surface area (Å²) in [7, 11) is 0. The van der Waals surface area contributed by atoms with Gasteiger partial charge in [-0.05, 0) is 43.2 Å². The molecular formula is C23H25N3O3S. The Morgan fingerprint density at radius 3 is 2.93 bits per heavy atom. The van der Waals surface area contributed by atoms with E-state index in [1.54, 1.807) is 23.6 Å². The van der Waals surface area contributed by atoms with Crippen molar-refractivity contribution in [3.63, 3.8) is 0 Å². The third-order valence-corrected chi connectivity index (χ3v) is 4.91. The Hall–Kier alpha value is -3.19. The molecule has 7 heteroatoms. The van der Waals surface area contributed by atoms with Crippen molar-refractivity contribution in [1.82, 2.24) is 15.3 Å². The van der Waals surface area contributed by atoms with Crippen LogP contribution in [0.1, 0.15) is 35.2 Å². The number of aromatic nitrogens is 2. The molecule has 0 saturated heterocycles. The number of amides is 1. The first-order valence-electron chi connectivity index (χ1n) is 9.80. The highest BCUT2D eigenvalue weighted by Crippen LogP contribution is 2.17. The van der Waals surface area contributed by atoms with E-state index in [1.807, 2.05) is 55.6 Å². The van der Waals surface area contributed by atoms with Crippen molar-refractivity contribution in [2.24, 2.45) is 0 Å². The fourth-order valence-electron chi connectivity index (χ4n) is 2.64. The van der Waals surface area contributed by atoms with Crippen LogP contribution in [0.2, 0.25) is 0 Å². The molecule has 0 aliphatic rings. The Bertz CT molecular complexity index is 1000. The summed E-state index contributed by atoms with van der Waals surface area (Å²) < 4.78 is 11.4. The van der Waals surface area contributed by atoms with Gasteiger partial charge in [0.2, 0.25) is 11.8 Å². The van der Waals surface area contributed by atoms with Gasteiger partial charge in [-0.3, -0.25) is 4.79 Å². The molecule has 0 aliphatic heterocycles. The van der Waals surface area contributed by atoms with Crippen molar-refractivity contribution in [3.05, 3.63) is 75.9 Å². The van der Waals surface area contributed by atoms with Gasteiger partial charge in [0.15, 0.2) is 0 Å². The molecule has 0 radical (unpaired) electrons. The maximum absolute atomic E-state index is 12.2. The number of ether oxygens (including phenoxy) is 2. The lowest BCUT2D eigenvalue weighted by Crippen LogP contribution is -2.21. The SMILES string of the molecule is CCCOc1ncccc1CNC(=O)/C=C/c1cccc(OCc2csc(C)n2)c1. The van der Waals surface area contributed by atoms with Crippen molar-refractivity contribution < 1.29 is 14.3 Å². The molecule has 3 rings (SSSR count). The molecule has 156 valence electrons. The van der Waals surface area contributed by atoms with Gasteiger partial charge in [0, 0.05) is 29.8 Å². The number of carbonyl (C=O) groups is 1. The highest BCUT2D eigenvalue weighted by molar-refractivity contribution is 7.09. The zero-order valence-electron chi connectivity index (χ0n) is 17.1. The van der Waals surface area contributed by atoms with Crippen LogP contribution in [0.25, 0.3) is 6.08 Å².